The summed E-state index contributed by atoms with van der Waals surface area (Å²) in [5.41, 5.74) is 0.908. The molecule has 1 saturated carbocycles. The second-order valence-electron chi connectivity index (χ2n) is 6.97. The Morgan fingerprint density at radius 3 is 2.57 bits per heavy atom. The van der Waals surface area contributed by atoms with Crippen LogP contribution in [0.5, 0.6) is 5.75 Å². The van der Waals surface area contributed by atoms with Gasteiger partial charge in [-0.3, -0.25) is 14.9 Å². The van der Waals surface area contributed by atoms with E-state index in [2.05, 4.69) is 10.6 Å². The van der Waals surface area contributed by atoms with Crippen LogP contribution in [-0.2, 0) is 20.7 Å². The van der Waals surface area contributed by atoms with Crippen LogP contribution in [0.15, 0.2) is 24.3 Å². The smallest absolute Gasteiger partial charge is 0.321 e. The van der Waals surface area contributed by atoms with Gasteiger partial charge >= 0.3 is 12.0 Å². The maximum Gasteiger partial charge on any atom is 0.321 e. The Hall–Kier alpha value is -2.57. The molecule has 1 aliphatic carbocycles. The lowest BCUT2D eigenvalue weighted by atomic mass is 9.96. The molecule has 7 nitrogen and oxygen atoms in total. The van der Waals surface area contributed by atoms with Gasteiger partial charge in [-0.2, -0.15) is 0 Å². The number of rotatable bonds is 8. The van der Waals surface area contributed by atoms with Crippen LogP contribution in [0.2, 0.25) is 0 Å². The summed E-state index contributed by atoms with van der Waals surface area (Å²) >= 11 is 0. The number of aryl methyl sites for hydroxylation is 1. The second kappa shape index (κ2) is 11.3. The number of nitrogens with one attached hydrogen (secondary N) is 2. The molecule has 1 fully saturated rings. The molecule has 7 heteroatoms. The number of hydrogen-bond donors (Lipinski definition) is 2. The van der Waals surface area contributed by atoms with Crippen LogP contribution in [0.3, 0.4) is 0 Å². The summed E-state index contributed by atoms with van der Waals surface area (Å²) < 4.78 is 10.7. The highest BCUT2D eigenvalue weighted by molar-refractivity contribution is 5.97. The topological polar surface area (TPSA) is 93.7 Å². The van der Waals surface area contributed by atoms with Gasteiger partial charge in [0.1, 0.15) is 5.75 Å². The van der Waals surface area contributed by atoms with Crippen LogP contribution in [0.25, 0.3) is 0 Å². The molecule has 0 aliphatic heterocycles. The maximum absolute atomic E-state index is 12.1. The molecule has 0 spiro atoms. The van der Waals surface area contributed by atoms with Crippen molar-refractivity contribution in [3.8, 4) is 5.75 Å². The number of hydrogen-bond acceptors (Lipinski definition) is 5. The molecule has 0 saturated heterocycles. The average molecular weight is 390 g/mol. The lowest BCUT2D eigenvalue weighted by Gasteiger charge is -2.23. The minimum atomic E-state index is -1.04. The molecule has 2 rings (SSSR count). The van der Waals surface area contributed by atoms with Crippen LogP contribution in [0, 0.1) is 0 Å². The minimum absolute atomic E-state index is 0.102. The van der Waals surface area contributed by atoms with E-state index >= 15 is 0 Å². The van der Waals surface area contributed by atoms with Crippen molar-refractivity contribution in [1.82, 2.24) is 10.6 Å². The summed E-state index contributed by atoms with van der Waals surface area (Å²) in [7, 11) is 0. The Morgan fingerprint density at radius 1 is 1.14 bits per heavy atom. The molecule has 154 valence electrons. The zero-order chi connectivity index (χ0) is 20.4. The van der Waals surface area contributed by atoms with Crippen LogP contribution >= 0.6 is 0 Å². The molecule has 2 N–H and O–H groups in total. The summed E-state index contributed by atoms with van der Waals surface area (Å²) in [5, 5.41) is 5.04. The van der Waals surface area contributed by atoms with Crippen molar-refractivity contribution in [1.29, 1.82) is 0 Å². The number of ether oxygens (including phenoxy) is 2. The number of urea groups is 1. The van der Waals surface area contributed by atoms with Gasteiger partial charge in [0.25, 0.3) is 5.91 Å². The van der Waals surface area contributed by atoms with Gasteiger partial charge in [0, 0.05) is 12.5 Å². The highest BCUT2D eigenvalue weighted by Crippen LogP contribution is 2.20. The van der Waals surface area contributed by atoms with Crippen molar-refractivity contribution in [2.45, 2.75) is 70.9 Å². The lowest BCUT2D eigenvalue weighted by Crippen LogP contribution is -2.48. The van der Waals surface area contributed by atoms with E-state index in [1.807, 2.05) is 31.2 Å². The molecule has 28 heavy (non-hydrogen) atoms. The van der Waals surface area contributed by atoms with E-state index in [4.69, 9.17) is 9.47 Å². The van der Waals surface area contributed by atoms with Crippen LogP contribution in [-0.4, -0.2) is 36.7 Å². The molecule has 0 bridgehead atoms. The largest absolute Gasteiger partial charge is 0.494 e. The minimum Gasteiger partial charge on any atom is -0.494 e. The Morgan fingerprint density at radius 2 is 1.86 bits per heavy atom. The van der Waals surface area contributed by atoms with Crippen molar-refractivity contribution in [2.75, 3.05) is 6.61 Å². The van der Waals surface area contributed by atoms with Crippen LogP contribution < -0.4 is 15.4 Å². The van der Waals surface area contributed by atoms with Crippen molar-refractivity contribution in [2.24, 2.45) is 0 Å². The first-order valence-corrected chi connectivity index (χ1v) is 10.0. The highest BCUT2D eigenvalue weighted by Gasteiger charge is 2.22. The summed E-state index contributed by atoms with van der Waals surface area (Å²) in [6.07, 6.45) is 4.73. The summed E-state index contributed by atoms with van der Waals surface area (Å²) in [4.78, 5) is 36.1. The van der Waals surface area contributed by atoms with Gasteiger partial charge in [-0.25, -0.2) is 4.79 Å². The molecule has 1 aliphatic rings. The van der Waals surface area contributed by atoms with Gasteiger partial charge < -0.3 is 14.8 Å². The van der Waals surface area contributed by atoms with Gasteiger partial charge in [0.15, 0.2) is 6.10 Å². The molecule has 0 radical (unpaired) electrons. The van der Waals surface area contributed by atoms with Crippen molar-refractivity contribution in [3.63, 3.8) is 0 Å². The number of benzene rings is 1. The van der Waals surface area contributed by atoms with E-state index in [1.165, 1.54) is 13.3 Å². The summed E-state index contributed by atoms with van der Waals surface area (Å²) in [5.74, 6) is -0.388. The summed E-state index contributed by atoms with van der Waals surface area (Å²) in [6.45, 7) is 3.90. The third kappa shape index (κ3) is 7.21. The Kier molecular flexibility index (Phi) is 8.78. The number of amides is 3. The molecular weight excluding hydrogens is 360 g/mol. The fourth-order valence-corrected chi connectivity index (χ4v) is 3.23. The normalized spacial score (nSPS) is 15.4. The Labute approximate surface area is 166 Å². The van der Waals surface area contributed by atoms with Gasteiger partial charge in [-0.1, -0.05) is 37.5 Å². The quantitative estimate of drug-likeness (QED) is 0.665. The van der Waals surface area contributed by atoms with E-state index in [-0.39, 0.29) is 12.5 Å². The average Bonchev–Trinajstić information content (AvgIpc) is 2.68. The molecule has 1 aromatic carbocycles. The first-order valence-electron chi connectivity index (χ1n) is 10.0. The zero-order valence-corrected chi connectivity index (χ0v) is 16.7. The van der Waals surface area contributed by atoms with E-state index in [0.29, 0.717) is 13.0 Å². The second-order valence-corrected chi connectivity index (χ2v) is 6.97. The van der Waals surface area contributed by atoms with Crippen molar-refractivity contribution >= 4 is 17.9 Å². The molecule has 3 amide bonds. The van der Waals surface area contributed by atoms with E-state index in [0.717, 1.165) is 37.0 Å². The predicted octanol–water partition coefficient (Wildman–Crippen LogP) is 3.11. The highest BCUT2D eigenvalue weighted by atomic mass is 16.5. The van der Waals surface area contributed by atoms with Crippen molar-refractivity contribution in [3.05, 3.63) is 29.8 Å². The first-order chi connectivity index (χ1) is 13.5. The van der Waals surface area contributed by atoms with E-state index in [9.17, 15) is 14.4 Å². The van der Waals surface area contributed by atoms with Gasteiger partial charge in [0.2, 0.25) is 0 Å². The van der Waals surface area contributed by atoms with Crippen LogP contribution in [0.4, 0.5) is 4.79 Å². The zero-order valence-electron chi connectivity index (χ0n) is 16.7. The Bertz CT molecular complexity index is 671. The number of para-hydroxylation sites is 1. The van der Waals surface area contributed by atoms with Crippen molar-refractivity contribution < 1.29 is 23.9 Å². The maximum atomic E-state index is 12.1. The van der Waals surface area contributed by atoms with E-state index in [1.54, 1.807) is 0 Å². The number of esters is 1. The standard InChI is InChI=1S/C21H30N2O5/c1-3-27-18-12-8-7-9-16(18)13-14-19(24)28-15(2)20(25)23-21(26)22-17-10-5-4-6-11-17/h7-9,12,15,17H,3-6,10-11,13-14H2,1-2H3,(H2,22,23,25,26)/t15-/m0/s1. The molecule has 1 aromatic rings. The first kappa shape index (κ1) is 21.7. The molecule has 0 heterocycles. The SMILES string of the molecule is CCOc1ccccc1CCC(=O)O[C@@H](C)C(=O)NC(=O)NC1CCCCC1. The fraction of sp³-hybridized carbons (Fsp3) is 0.571. The molecular formula is C21H30N2O5. The lowest BCUT2D eigenvalue weighted by molar-refractivity contribution is -0.154. The van der Waals surface area contributed by atoms with Gasteiger partial charge in [-0.05, 0) is 44.7 Å². The summed E-state index contributed by atoms with van der Waals surface area (Å²) in [6, 6.07) is 7.06. The van der Waals surface area contributed by atoms with Crippen LogP contribution in [0.1, 0.15) is 57.9 Å². The van der Waals surface area contributed by atoms with E-state index < -0.39 is 24.0 Å². The monoisotopic (exact) mass is 390 g/mol. The molecule has 1 atom stereocenters. The number of imide groups is 1. The predicted molar refractivity (Wildman–Crippen MR) is 105 cm³/mol. The third-order valence-electron chi connectivity index (χ3n) is 4.73. The molecule has 0 aromatic heterocycles. The van der Waals surface area contributed by atoms with Gasteiger partial charge in [0.05, 0.1) is 6.61 Å². The Balaban J connectivity index is 1.73. The third-order valence-corrected chi connectivity index (χ3v) is 4.73. The number of carbonyl (C=O) groups is 3. The van der Waals surface area contributed by atoms with Gasteiger partial charge in [-0.15, -0.1) is 0 Å². The number of carbonyl (C=O) groups excluding carboxylic acids is 3. The molecule has 0 unspecified atom stereocenters. The fourth-order valence-electron chi connectivity index (χ4n) is 3.23.